The summed E-state index contributed by atoms with van der Waals surface area (Å²) in [5.74, 6) is -1.61. The number of hydrogen-bond acceptors (Lipinski definition) is 3. The van der Waals surface area contributed by atoms with Crippen molar-refractivity contribution >= 4 is 5.97 Å². The molecule has 0 heterocycles. The molecule has 0 fully saturated rings. The van der Waals surface area contributed by atoms with E-state index in [1.54, 1.807) is 6.92 Å². The molecule has 0 saturated carbocycles. The summed E-state index contributed by atoms with van der Waals surface area (Å²) >= 11 is 0. The van der Waals surface area contributed by atoms with Gasteiger partial charge in [0.05, 0.1) is 12.7 Å². The van der Waals surface area contributed by atoms with Gasteiger partial charge >= 0.3 is 5.97 Å². The van der Waals surface area contributed by atoms with Gasteiger partial charge in [-0.2, -0.15) is 0 Å². The van der Waals surface area contributed by atoms with Gasteiger partial charge in [0.15, 0.2) is 0 Å². The summed E-state index contributed by atoms with van der Waals surface area (Å²) in [7, 11) is 0. The normalized spacial score (nSPS) is 12.2. The van der Waals surface area contributed by atoms with Gasteiger partial charge in [-0.3, -0.25) is 4.79 Å². The van der Waals surface area contributed by atoms with E-state index in [1.165, 1.54) is 6.07 Å². The van der Waals surface area contributed by atoms with Gasteiger partial charge in [0.25, 0.3) is 0 Å². The van der Waals surface area contributed by atoms with Crippen molar-refractivity contribution < 1.29 is 23.4 Å². The average molecular weight is 272 g/mol. The lowest BCUT2D eigenvalue weighted by molar-refractivity contribution is -0.143. The van der Waals surface area contributed by atoms with Crippen LogP contribution in [0.2, 0.25) is 0 Å². The van der Waals surface area contributed by atoms with Crippen LogP contribution < -0.4 is 0 Å². The predicted molar refractivity (Wildman–Crippen MR) is 66.6 cm³/mol. The molecule has 5 heteroatoms. The number of carbonyl (C=O) groups excluding carboxylic acids is 1. The van der Waals surface area contributed by atoms with E-state index < -0.39 is 17.7 Å². The second-order valence-electron chi connectivity index (χ2n) is 4.29. The van der Waals surface area contributed by atoms with Gasteiger partial charge in [-0.15, -0.1) is 0 Å². The third-order valence-electron chi connectivity index (χ3n) is 2.69. The summed E-state index contributed by atoms with van der Waals surface area (Å²) in [6.07, 6.45) is 0.430. The molecule has 0 bridgehead atoms. The summed E-state index contributed by atoms with van der Waals surface area (Å²) in [4.78, 5) is 11.1. The van der Waals surface area contributed by atoms with Crippen molar-refractivity contribution in [3.05, 3.63) is 35.4 Å². The zero-order chi connectivity index (χ0) is 14.3. The van der Waals surface area contributed by atoms with E-state index in [4.69, 9.17) is 4.74 Å². The molecule has 1 aromatic rings. The third kappa shape index (κ3) is 5.79. The van der Waals surface area contributed by atoms with Crippen molar-refractivity contribution in [2.45, 2.75) is 38.7 Å². The molecule has 0 aliphatic carbocycles. The number of aliphatic hydroxyl groups excluding tert-OH is 1. The van der Waals surface area contributed by atoms with Gasteiger partial charge in [-0.25, -0.2) is 8.78 Å². The van der Waals surface area contributed by atoms with Gasteiger partial charge in [-0.05, 0) is 31.4 Å². The van der Waals surface area contributed by atoms with E-state index in [0.29, 0.717) is 19.4 Å². The SMILES string of the molecule is CCOC(=O)CCCC(O)Cc1ccc(F)cc1F. The summed E-state index contributed by atoms with van der Waals surface area (Å²) in [6.45, 7) is 2.06. The summed E-state index contributed by atoms with van der Waals surface area (Å²) in [6, 6.07) is 3.27. The average Bonchev–Trinajstić information content (AvgIpc) is 2.33. The van der Waals surface area contributed by atoms with Crippen LogP contribution in [0.3, 0.4) is 0 Å². The van der Waals surface area contributed by atoms with Crippen molar-refractivity contribution in [2.75, 3.05) is 6.61 Å². The Hall–Kier alpha value is -1.49. The fourth-order valence-corrected chi connectivity index (χ4v) is 1.76. The minimum atomic E-state index is -0.755. The van der Waals surface area contributed by atoms with E-state index in [9.17, 15) is 18.7 Å². The Bertz CT molecular complexity index is 421. The quantitative estimate of drug-likeness (QED) is 0.776. The largest absolute Gasteiger partial charge is 0.466 e. The number of esters is 1. The number of aliphatic hydroxyl groups is 1. The highest BCUT2D eigenvalue weighted by atomic mass is 19.1. The van der Waals surface area contributed by atoms with Crippen LogP contribution in [-0.2, 0) is 16.0 Å². The minimum Gasteiger partial charge on any atom is -0.466 e. The van der Waals surface area contributed by atoms with Gasteiger partial charge in [0.1, 0.15) is 11.6 Å². The van der Waals surface area contributed by atoms with Crippen LogP contribution in [0, 0.1) is 11.6 Å². The maximum absolute atomic E-state index is 13.3. The zero-order valence-corrected chi connectivity index (χ0v) is 10.9. The Morgan fingerprint density at radius 3 is 2.79 bits per heavy atom. The van der Waals surface area contributed by atoms with Crippen LogP contribution in [0.25, 0.3) is 0 Å². The van der Waals surface area contributed by atoms with Crippen molar-refractivity contribution in [1.82, 2.24) is 0 Å². The first-order valence-corrected chi connectivity index (χ1v) is 6.30. The Morgan fingerprint density at radius 1 is 1.42 bits per heavy atom. The number of ether oxygens (including phenoxy) is 1. The van der Waals surface area contributed by atoms with E-state index in [1.807, 2.05) is 0 Å². The molecule has 0 saturated heterocycles. The monoisotopic (exact) mass is 272 g/mol. The lowest BCUT2D eigenvalue weighted by atomic mass is 10.0. The molecule has 3 nitrogen and oxygen atoms in total. The highest BCUT2D eigenvalue weighted by molar-refractivity contribution is 5.69. The maximum atomic E-state index is 13.3. The van der Waals surface area contributed by atoms with Crippen molar-refractivity contribution in [3.8, 4) is 0 Å². The number of carbonyl (C=O) groups is 1. The van der Waals surface area contributed by atoms with Crippen LogP contribution in [0.15, 0.2) is 18.2 Å². The Balaban J connectivity index is 2.34. The fraction of sp³-hybridized carbons (Fsp3) is 0.500. The lowest BCUT2D eigenvalue weighted by Gasteiger charge is -2.11. The number of halogens is 2. The van der Waals surface area contributed by atoms with Gasteiger partial charge in [0, 0.05) is 18.9 Å². The van der Waals surface area contributed by atoms with Crippen molar-refractivity contribution in [2.24, 2.45) is 0 Å². The molecule has 0 spiro atoms. The second kappa shape index (κ2) is 7.84. The van der Waals surface area contributed by atoms with Gasteiger partial charge in [-0.1, -0.05) is 6.07 Å². The molecule has 0 radical (unpaired) electrons. The first-order valence-electron chi connectivity index (χ1n) is 6.30. The van der Waals surface area contributed by atoms with Crippen LogP contribution in [0.5, 0.6) is 0 Å². The molecule has 1 atom stereocenters. The van der Waals surface area contributed by atoms with Crippen LogP contribution >= 0.6 is 0 Å². The molecule has 1 unspecified atom stereocenters. The molecule has 1 rings (SSSR count). The van der Waals surface area contributed by atoms with Gasteiger partial charge < -0.3 is 9.84 Å². The molecule has 0 aliphatic rings. The standard InChI is InChI=1S/C14H18F2O3/c1-2-19-14(18)5-3-4-12(17)8-10-6-7-11(15)9-13(10)16/h6-7,9,12,17H,2-5,8H2,1H3. The molecule has 0 aliphatic heterocycles. The van der Waals surface area contributed by atoms with E-state index in [2.05, 4.69) is 0 Å². The molecule has 1 aromatic carbocycles. The topological polar surface area (TPSA) is 46.5 Å². The smallest absolute Gasteiger partial charge is 0.305 e. The molecular weight excluding hydrogens is 254 g/mol. The highest BCUT2D eigenvalue weighted by Crippen LogP contribution is 2.14. The van der Waals surface area contributed by atoms with Crippen LogP contribution in [0.4, 0.5) is 8.78 Å². The Kier molecular flexibility index (Phi) is 6.42. The number of hydrogen-bond donors (Lipinski definition) is 1. The maximum Gasteiger partial charge on any atom is 0.305 e. The minimum absolute atomic E-state index is 0.106. The third-order valence-corrected chi connectivity index (χ3v) is 2.69. The van der Waals surface area contributed by atoms with Crippen LogP contribution in [-0.4, -0.2) is 23.8 Å². The summed E-state index contributed by atoms with van der Waals surface area (Å²) in [5, 5.41) is 9.73. The first-order chi connectivity index (χ1) is 9.02. The molecule has 0 aromatic heterocycles. The molecule has 1 N–H and O–H groups in total. The zero-order valence-electron chi connectivity index (χ0n) is 10.9. The molecule has 0 amide bonds. The summed E-state index contributed by atoms with van der Waals surface area (Å²) < 4.78 is 30.8. The Labute approximate surface area is 111 Å². The molecule has 106 valence electrons. The fourth-order valence-electron chi connectivity index (χ4n) is 1.76. The van der Waals surface area contributed by atoms with E-state index in [0.717, 1.165) is 12.1 Å². The lowest BCUT2D eigenvalue weighted by Crippen LogP contribution is -2.13. The van der Waals surface area contributed by atoms with Crippen molar-refractivity contribution in [3.63, 3.8) is 0 Å². The van der Waals surface area contributed by atoms with Gasteiger partial charge in [0.2, 0.25) is 0 Å². The summed E-state index contributed by atoms with van der Waals surface area (Å²) in [5.41, 5.74) is 0.269. The first kappa shape index (κ1) is 15.6. The predicted octanol–water partition coefficient (Wildman–Crippen LogP) is 2.60. The van der Waals surface area contributed by atoms with E-state index in [-0.39, 0.29) is 24.4 Å². The number of benzene rings is 1. The second-order valence-corrected chi connectivity index (χ2v) is 4.29. The molecule has 19 heavy (non-hydrogen) atoms. The van der Waals surface area contributed by atoms with E-state index >= 15 is 0 Å². The Morgan fingerprint density at radius 2 is 2.16 bits per heavy atom. The van der Waals surface area contributed by atoms with Crippen LogP contribution in [0.1, 0.15) is 31.7 Å². The highest BCUT2D eigenvalue weighted by Gasteiger charge is 2.11. The van der Waals surface area contributed by atoms with Crippen molar-refractivity contribution in [1.29, 1.82) is 0 Å². The molecular formula is C14H18F2O3. The number of rotatable bonds is 7.